The van der Waals surface area contributed by atoms with E-state index in [1.165, 1.54) is 70.6 Å². The molecule has 0 saturated carbocycles. The zero-order valence-corrected chi connectivity index (χ0v) is 14.2. The van der Waals surface area contributed by atoms with E-state index in [4.69, 9.17) is 5.73 Å². The SMILES string of the molecule is CCCCCCCCCCCCCCCC(N)[SH](=O)=O. The number of nitrogens with two attached hydrogens (primary N) is 1. The molecule has 0 aromatic heterocycles. The maximum atomic E-state index is 10.6. The Morgan fingerprint density at radius 3 is 1.40 bits per heavy atom. The van der Waals surface area contributed by atoms with Crippen LogP contribution in [0.1, 0.15) is 96.8 Å². The van der Waals surface area contributed by atoms with Crippen LogP contribution in [0.25, 0.3) is 0 Å². The average molecular weight is 306 g/mol. The van der Waals surface area contributed by atoms with Gasteiger partial charge in [0.05, 0.1) is 0 Å². The number of unbranched alkanes of at least 4 members (excludes halogenated alkanes) is 12. The van der Waals surface area contributed by atoms with Gasteiger partial charge in [-0.05, 0) is 6.42 Å². The standard InChI is InChI=1S/C16H35NO2S/c1-2-3-4-5-6-7-8-9-10-11-12-13-14-15-16(17)20(18)19/h16,20H,2-15,17H2,1H3. The average Bonchev–Trinajstić information content (AvgIpc) is 2.43. The Morgan fingerprint density at radius 2 is 1.05 bits per heavy atom. The van der Waals surface area contributed by atoms with E-state index in [2.05, 4.69) is 6.92 Å². The van der Waals surface area contributed by atoms with Gasteiger partial charge in [0.25, 0.3) is 0 Å². The summed E-state index contributed by atoms with van der Waals surface area (Å²) in [6, 6.07) is 0. The second kappa shape index (κ2) is 15.3. The molecule has 0 rings (SSSR count). The van der Waals surface area contributed by atoms with E-state index in [0.717, 1.165) is 12.8 Å². The molecule has 0 radical (unpaired) electrons. The first-order valence-electron chi connectivity index (χ1n) is 8.57. The lowest BCUT2D eigenvalue weighted by molar-refractivity contribution is 0.531. The lowest BCUT2D eigenvalue weighted by atomic mass is 10.0. The van der Waals surface area contributed by atoms with E-state index >= 15 is 0 Å². The predicted octanol–water partition coefficient (Wildman–Crippen LogP) is 4.36. The van der Waals surface area contributed by atoms with Crippen LogP contribution in [0.4, 0.5) is 0 Å². The topological polar surface area (TPSA) is 60.2 Å². The van der Waals surface area contributed by atoms with E-state index in [-0.39, 0.29) is 0 Å². The lowest BCUT2D eigenvalue weighted by Gasteiger charge is -2.04. The molecule has 0 bridgehead atoms. The van der Waals surface area contributed by atoms with Gasteiger partial charge in [0, 0.05) is 0 Å². The number of thiol groups is 1. The minimum atomic E-state index is -2.42. The Hall–Kier alpha value is -0.0900. The zero-order chi connectivity index (χ0) is 15.1. The van der Waals surface area contributed by atoms with Crippen LogP contribution < -0.4 is 5.73 Å². The van der Waals surface area contributed by atoms with Gasteiger partial charge < -0.3 is 5.73 Å². The van der Waals surface area contributed by atoms with Gasteiger partial charge in [-0.3, -0.25) is 0 Å². The minimum Gasteiger partial charge on any atom is -0.315 e. The molecule has 0 aliphatic heterocycles. The third kappa shape index (κ3) is 14.3. The molecule has 122 valence electrons. The van der Waals surface area contributed by atoms with Gasteiger partial charge in [-0.1, -0.05) is 90.4 Å². The highest BCUT2D eigenvalue weighted by Gasteiger charge is 2.03. The fraction of sp³-hybridized carbons (Fsp3) is 1.00. The van der Waals surface area contributed by atoms with Crippen LogP contribution in [-0.2, 0) is 10.7 Å². The molecule has 0 aliphatic rings. The van der Waals surface area contributed by atoms with E-state index < -0.39 is 16.1 Å². The molecular weight excluding hydrogens is 270 g/mol. The predicted molar refractivity (Wildman–Crippen MR) is 88.6 cm³/mol. The van der Waals surface area contributed by atoms with Gasteiger partial charge in [-0.2, -0.15) is 0 Å². The Kier molecular flexibility index (Phi) is 15.2. The number of rotatable bonds is 15. The molecule has 4 heteroatoms. The van der Waals surface area contributed by atoms with Crippen molar-refractivity contribution in [3.8, 4) is 0 Å². The molecule has 2 N–H and O–H groups in total. The maximum Gasteiger partial charge on any atom is 0.155 e. The van der Waals surface area contributed by atoms with E-state index in [1.807, 2.05) is 0 Å². The van der Waals surface area contributed by atoms with Gasteiger partial charge in [-0.15, -0.1) is 0 Å². The molecule has 0 amide bonds. The van der Waals surface area contributed by atoms with Crippen molar-refractivity contribution in [1.29, 1.82) is 0 Å². The van der Waals surface area contributed by atoms with Gasteiger partial charge >= 0.3 is 0 Å². The second-order valence-electron chi connectivity index (χ2n) is 5.88. The van der Waals surface area contributed by atoms with E-state index in [1.54, 1.807) is 0 Å². The van der Waals surface area contributed by atoms with Crippen LogP contribution in [0.2, 0.25) is 0 Å². The van der Waals surface area contributed by atoms with Crippen LogP contribution in [0.3, 0.4) is 0 Å². The van der Waals surface area contributed by atoms with Crippen molar-refractivity contribution in [2.45, 2.75) is 102 Å². The Bertz CT molecular complexity index is 259. The normalized spacial score (nSPS) is 12.9. The fourth-order valence-corrected chi connectivity index (χ4v) is 2.87. The maximum absolute atomic E-state index is 10.6. The van der Waals surface area contributed by atoms with Crippen molar-refractivity contribution in [2.24, 2.45) is 5.73 Å². The summed E-state index contributed by atoms with van der Waals surface area (Å²) in [5.41, 5.74) is 5.46. The summed E-state index contributed by atoms with van der Waals surface area (Å²) in [5, 5.41) is -0.627. The summed E-state index contributed by atoms with van der Waals surface area (Å²) in [6.45, 7) is 2.26. The van der Waals surface area contributed by atoms with Crippen LogP contribution >= 0.6 is 0 Å². The summed E-state index contributed by atoms with van der Waals surface area (Å²) in [7, 11) is -2.42. The van der Waals surface area contributed by atoms with Gasteiger partial charge in [0.2, 0.25) is 0 Å². The van der Waals surface area contributed by atoms with Crippen LogP contribution in [-0.4, -0.2) is 13.8 Å². The zero-order valence-electron chi connectivity index (χ0n) is 13.3. The number of hydrogen-bond donors (Lipinski definition) is 2. The molecule has 0 saturated heterocycles. The molecule has 1 atom stereocenters. The monoisotopic (exact) mass is 305 g/mol. The first kappa shape index (κ1) is 19.9. The summed E-state index contributed by atoms with van der Waals surface area (Å²) in [6.07, 6.45) is 17.6. The molecule has 0 aromatic carbocycles. The van der Waals surface area contributed by atoms with Gasteiger partial charge in [0.1, 0.15) is 5.37 Å². The van der Waals surface area contributed by atoms with Crippen molar-refractivity contribution in [1.82, 2.24) is 0 Å². The van der Waals surface area contributed by atoms with E-state index in [9.17, 15) is 8.42 Å². The Balaban J connectivity index is 3.06. The molecule has 1 unspecified atom stereocenters. The molecule has 3 nitrogen and oxygen atoms in total. The molecule has 0 aliphatic carbocycles. The molecule has 0 aromatic rings. The Labute approximate surface area is 127 Å². The van der Waals surface area contributed by atoms with Crippen molar-refractivity contribution in [2.75, 3.05) is 0 Å². The fourth-order valence-electron chi connectivity index (χ4n) is 2.48. The summed E-state index contributed by atoms with van der Waals surface area (Å²) in [4.78, 5) is 0. The first-order valence-corrected chi connectivity index (χ1v) is 9.82. The first-order chi connectivity index (χ1) is 9.68. The molecular formula is C16H35NO2S. The quantitative estimate of drug-likeness (QED) is 0.349. The van der Waals surface area contributed by atoms with Crippen molar-refractivity contribution in [3.63, 3.8) is 0 Å². The van der Waals surface area contributed by atoms with Gasteiger partial charge in [0.15, 0.2) is 10.7 Å². The van der Waals surface area contributed by atoms with Crippen LogP contribution in [0.5, 0.6) is 0 Å². The highest BCUT2D eigenvalue weighted by atomic mass is 32.2. The molecule has 20 heavy (non-hydrogen) atoms. The highest BCUT2D eigenvalue weighted by molar-refractivity contribution is 7.73. The van der Waals surface area contributed by atoms with Crippen molar-refractivity contribution >= 4 is 10.7 Å². The number of hydrogen-bond acceptors (Lipinski definition) is 3. The third-order valence-corrected chi connectivity index (χ3v) is 4.67. The van der Waals surface area contributed by atoms with Crippen LogP contribution in [0, 0.1) is 0 Å². The summed E-state index contributed by atoms with van der Waals surface area (Å²) >= 11 is 0. The third-order valence-electron chi connectivity index (χ3n) is 3.87. The second-order valence-corrected chi connectivity index (χ2v) is 7.12. The molecule has 0 fully saturated rings. The molecule has 0 heterocycles. The Morgan fingerprint density at radius 1 is 0.700 bits per heavy atom. The van der Waals surface area contributed by atoms with Gasteiger partial charge in [-0.25, -0.2) is 8.42 Å². The lowest BCUT2D eigenvalue weighted by Crippen LogP contribution is -2.20. The summed E-state index contributed by atoms with van der Waals surface area (Å²) < 4.78 is 21.1. The minimum absolute atomic E-state index is 0.621. The van der Waals surface area contributed by atoms with Crippen LogP contribution in [0.15, 0.2) is 0 Å². The molecule has 0 spiro atoms. The largest absolute Gasteiger partial charge is 0.315 e. The highest BCUT2D eigenvalue weighted by Crippen LogP contribution is 2.13. The van der Waals surface area contributed by atoms with Crippen molar-refractivity contribution in [3.05, 3.63) is 0 Å². The van der Waals surface area contributed by atoms with E-state index in [0.29, 0.717) is 6.42 Å². The smallest absolute Gasteiger partial charge is 0.155 e. The van der Waals surface area contributed by atoms with Crippen molar-refractivity contribution < 1.29 is 8.42 Å². The summed E-state index contributed by atoms with van der Waals surface area (Å²) in [5.74, 6) is 0.